The van der Waals surface area contributed by atoms with Crippen LogP contribution >= 0.6 is 12.4 Å². The molecule has 0 atom stereocenters. The fraction of sp³-hybridized carbons (Fsp3) is 0.533. The number of aryl methyl sites for hydroxylation is 1. The molecule has 3 N–H and O–H groups in total. The lowest BCUT2D eigenvalue weighted by Crippen LogP contribution is -2.30. The number of aromatic nitrogens is 2. The minimum atomic E-state index is 0. The van der Waals surface area contributed by atoms with Gasteiger partial charge in [-0.15, -0.1) is 12.4 Å². The average molecular weight is 298 g/mol. The lowest BCUT2D eigenvalue weighted by Gasteiger charge is -2.26. The van der Waals surface area contributed by atoms with E-state index in [1.165, 1.54) is 45.3 Å². The van der Waals surface area contributed by atoms with Gasteiger partial charge in [-0.05, 0) is 51.0 Å². The molecule has 1 aliphatic rings. The molecule has 4 nitrogen and oxygen atoms in total. The Labute approximate surface area is 126 Å². The molecule has 1 fully saturated rings. The summed E-state index contributed by atoms with van der Waals surface area (Å²) in [4.78, 5) is 10.6. The van der Waals surface area contributed by atoms with Gasteiger partial charge in [-0.1, -0.05) is 18.6 Å². The first-order valence-electron chi connectivity index (χ1n) is 7.08. The van der Waals surface area contributed by atoms with Gasteiger partial charge in [0.05, 0.1) is 11.0 Å². The van der Waals surface area contributed by atoms with E-state index in [9.17, 15) is 0 Å². The number of hydrogen-bond donors (Lipinski definition) is 1. The fourth-order valence-electron chi connectivity index (χ4n) is 2.78. The molecule has 1 aromatic carbocycles. The molecule has 1 aromatic heterocycles. The van der Waals surface area contributed by atoms with Crippen LogP contribution in [0.15, 0.2) is 24.3 Å². The number of likely N-dealkylation sites (tertiary alicyclic amines) is 1. The molecule has 1 saturated heterocycles. The van der Waals surface area contributed by atoms with Crippen LogP contribution in [-0.4, -0.2) is 40.0 Å². The number of nitrogens with one attached hydrogen (secondary N) is 1. The number of nitrogens with zero attached hydrogens (tertiary/aromatic N) is 2. The lowest BCUT2D eigenvalue weighted by atomic mass is 10.1. The van der Waals surface area contributed by atoms with E-state index in [0.717, 1.165) is 23.3 Å². The van der Waals surface area contributed by atoms with Crippen molar-refractivity contribution in [3.8, 4) is 0 Å². The Hall–Kier alpha value is -1.10. The lowest BCUT2D eigenvalue weighted by molar-refractivity contribution is 0.226. The summed E-state index contributed by atoms with van der Waals surface area (Å²) in [6.07, 6.45) is 6.44. The third kappa shape index (κ3) is 4.20. The fourth-order valence-corrected chi connectivity index (χ4v) is 2.78. The standard InChI is InChI=1S/C15H21N3.ClH.H2O/c1-4-10-18(11-5-1)12-6-9-15-16-13-7-2-3-8-14(13)17-15;;/h2-3,7-8H,1,4-6,9-12H2,(H,16,17);1H;1H2. The van der Waals surface area contributed by atoms with Crippen molar-refractivity contribution in [2.75, 3.05) is 19.6 Å². The van der Waals surface area contributed by atoms with Crippen molar-refractivity contribution < 1.29 is 5.48 Å². The molecule has 0 spiro atoms. The number of fused-ring (bicyclic) bond motifs is 1. The van der Waals surface area contributed by atoms with Crippen LogP contribution < -0.4 is 0 Å². The highest BCUT2D eigenvalue weighted by Crippen LogP contribution is 2.13. The van der Waals surface area contributed by atoms with Gasteiger partial charge in [0.15, 0.2) is 0 Å². The van der Waals surface area contributed by atoms with Gasteiger partial charge in [-0.3, -0.25) is 0 Å². The summed E-state index contributed by atoms with van der Waals surface area (Å²) in [6, 6.07) is 8.26. The van der Waals surface area contributed by atoms with Crippen molar-refractivity contribution in [2.24, 2.45) is 0 Å². The molecule has 0 radical (unpaired) electrons. The molecule has 20 heavy (non-hydrogen) atoms. The van der Waals surface area contributed by atoms with E-state index in [-0.39, 0.29) is 17.9 Å². The maximum atomic E-state index is 4.62. The van der Waals surface area contributed by atoms with Gasteiger partial charge in [0.2, 0.25) is 0 Å². The van der Waals surface area contributed by atoms with Gasteiger partial charge in [0, 0.05) is 6.42 Å². The first-order chi connectivity index (χ1) is 8.92. The number of benzene rings is 1. The molecule has 2 heterocycles. The monoisotopic (exact) mass is 297 g/mol. The SMILES string of the molecule is Cl.O.c1ccc2[nH]c(CCCN3CCCCC3)nc2c1. The molecule has 3 rings (SSSR count). The van der Waals surface area contributed by atoms with Crippen molar-refractivity contribution in [3.05, 3.63) is 30.1 Å². The van der Waals surface area contributed by atoms with Gasteiger partial charge in [-0.2, -0.15) is 0 Å². The van der Waals surface area contributed by atoms with Crippen molar-refractivity contribution in [3.63, 3.8) is 0 Å². The Morgan fingerprint density at radius 2 is 1.85 bits per heavy atom. The van der Waals surface area contributed by atoms with Gasteiger partial charge in [0.25, 0.3) is 0 Å². The van der Waals surface area contributed by atoms with Crippen LogP contribution in [0.1, 0.15) is 31.5 Å². The molecule has 0 aliphatic carbocycles. The Bertz CT molecular complexity index is 476. The van der Waals surface area contributed by atoms with Crippen LogP contribution in [0.5, 0.6) is 0 Å². The van der Waals surface area contributed by atoms with Crippen LogP contribution in [0.25, 0.3) is 11.0 Å². The number of rotatable bonds is 4. The minimum absolute atomic E-state index is 0. The molecule has 2 aromatic rings. The summed E-state index contributed by atoms with van der Waals surface area (Å²) in [5.41, 5.74) is 2.25. The summed E-state index contributed by atoms with van der Waals surface area (Å²) >= 11 is 0. The van der Waals surface area contributed by atoms with Crippen molar-refractivity contribution in [1.29, 1.82) is 0 Å². The van der Waals surface area contributed by atoms with E-state index in [0.29, 0.717) is 0 Å². The number of halogens is 1. The van der Waals surface area contributed by atoms with Gasteiger partial charge < -0.3 is 15.4 Å². The van der Waals surface area contributed by atoms with Crippen LogP contribution in [0.3, 0.4) is 0 Å². The van der Waals surface area contributed by atoms with E-state index in [1.807, 2.05) is 6.07 Å². The maximum Gasteiger partial charge on any atom is 0.107 e. The smallest absolute Gasteiger partial charge is 0.107 e. The zero-order chi connectivity index (χ0) is 12.2. The summed E-state index contributed by atoms with van der Waals surface area (Å²) in [5, 5.41) is 0. The second-order valence-corrected chi connectivity index (χ2v) is 5.21. The van der Waals surface area contributed by atoms with Crippen molar-refractivity contribution in [1.82, 2.24) is 14.9 Å². The molecule has 0 unspecified atom stereocenters. The van der Waals surface area contributed by atoms with Gasteiger partial charge in [0.1, 0.15) is 5.82 Å². The van der Waals surface area contributed by atoms with Crippen LogP contribution in [-0.2, 0) is 6.42 Å². The summed E-state index contributed by atoms with van der Waals surface area (Å²) in [7, 11) is 0. The topological polar surface area (TPSA) is 63.4 Å². The van der Waals surface area contributed by atoms with Crippen LogP contribution in [0, 0.1) is 0 Å². The molecule has 0 saturated carbocycles. The van der Waals surface area contributed by atoms with E-state index < -0.39 is 0 Å². The highest BCUT2D eigenvalue weighted by atomic mass is 35.5. The number of aromatic amines is 1. The number of imidazole rings is 1. The highest BCUT2D eigenvalue weighted by molar-refractivity contribution is 5.85. The predicted molar refractivity (Wildman–Crippen MR) is 85.6 cm³/mol. The summed E-state index contributed by atoms with van der Waals surface area (Å²) in [5.74, 6) is 1.13. The normalized spacial score (nSPS) is 15.6. The number of para-hydroxylation sites is 2. The number of piperidine rings is 1. The van der Waals surface area contributed by atoms with Crippen molar-refractivity contribution >= 4 is 23.4 Å². The Balaban J connectivity index is 0.000001000. The Kier molecular flexibility index (Phi) is 6.99. The number of hydrogen-bond acceptors (Lipinski definition) is 2. The average Bonchev–Trinajstić information content (AvgIpc) is 2.82. The molecular weight excluding hydrogens is 274 g/mol. The third-order valence-electron chi connectivity index (χ3n) is 3.78. The Morgan fingerprint density at radius 3 is 2.60 bits per heavy atom. The summed E-state index contributed by atoms with van der Waals surface area (Å²) < 4.78 is 0. The largest absolute Gasteiger partial charge is 0.412 e. The molecule has 1 aliphatic heterocycles. The molecule has 112 valence electrons. The summed E-state index contributed by atoms with van der Waals surface area (Å²) in [6.45, 7) is 3.80. The van der Waals surface area contributed by atoms with E-state index in [4.69, 9.17) is 0 Å². The van der Waals surface area contributed by atoms with Crippen molar-refractivity contribution in [2.45, 2.75) is 32.1 Å². The van der Waals surface area contributed by atoms with Crippen LogP contribution in [0.4, 0.5) is 0 Å². The van der Waals surface area contributed by atoms with E-state index in [2.05, 4.69) is 33.1 Å². The van der Waals surface area contributed by atoms with Gasteiger partial charge >= 0.3 is 0 Å². The quantitative estimate of drug-likeness (QED) is 0.943. The molecular formula is C15H24ClN3O. The zero-order valence-electron chi connectivity index (χ0n) is 11.8. The maximum absolute atomic E-state index is 4.62. The minimum Gasteiger partial charge on any atom is -0.412 e. The predicted octanol–water partition coefficient (Wildman–Crippen LogP) is 2.58. The molecule has 0 bridgehead atoms. The highest BCUT2D eigenvalue weighted by Gasteiger charge is 2.09. The first-order valence-corrected chi connectivity index (χ1v) is 7.08. The van der Waals surface area contributed by atoms with Crippen LogP contribution in [0.2, 0.25) is 0 Å². The molecule has 0 amide bonds. The second-order valence-electron chi connectivity index (χ2n) is 5.21. The zero-order valence-corrected chi connectivity index (χ0v) is 12.6. The van der Waals surface area contributed by atoms with Gasteiger partial charge in [-0.25, -0.2) is 4.98 Å². The molecule has 5 heteroatoms. The van der Waals surface area contributed by atoms with E-state index >= 15 is 0 Å². The Morgan fingerprint density at radius 1 is 1.10 bits per heavy atom. The first kappa shape index (κ1) is 17.0. The van der Waals surface area contributed by atoms with E-state index in [1.54, 1.807) is 0 Å². The second kappa shape index (κ2) is 8.25. The third-order valence-corrected chi connectivity index (χ3v) is 3.78. The number of H-pyrrole nitrogens is 1.